The molecule has 1 aromatic heterocycles. The second-order valence-electron chi connectivity index (χ2n) is 5.27. The van der Waals surface area contributed by atoms with Crippen molar-refractivity contribution < 1.29 is 4.74 Å². The van der Waals surface area contributed by atoms with E-state index in [0.717, 1.165) is 31.0 Å². The summed E-state index contributed by atoms with van der Waals surface area (Å²) in [5, 5.41) is 3.80. The summed E-state index contributed by atoms with van der Waals surface area (Å²) in [7, 11) is 0. The number of benzene rings is 1. The molecule has 1 fully saturated rings. The Morgan fingerprint density at radius 2 is 2.10 bits per heavy atom. The molecule has 110 valence electrons. The molecule has 0 aliphatic carbocycles. The second-order valence-corrected chi connectivity index (χ2v) is 5.66. The molecular formula is C16H18ClN3O. The Labute approximate surface area is 129 Å². The Kier molecular flexibility index (Phi) is 4.36. The zero-order valence-electron chi connectivity index (χ0n) is 11.9. The van der Waals surface area contributed by atoms with Gasteiger partial charge >= 0.3 is 0 Å². The van der Waals surface area contributed by atoms with Gasteiger partial charge in [-0.3, -0.25) is 0 Å². The van der Waals surface area contributed by atoms with Crippen LogP contribution in [0.15, 0.2) is 36.4 Å². The van der Waals surface area contributed by atoms with Crippen molar-refractivity contribution >= 4 is 17.4 Å². The Morgan fingerprint density at radius 1 is 1.29 bits per heavy atom. The summed E-state index contributed by atoms with van der Waals surface area (Å²) in [6.45, 7) is 3.79. The highest BCUT2D eigenvalue weighted by atomic mass is 35.5. The highest BCUT2D eigenvalue weighted by molar-refractivity contribution is 6.29. The predicted octanol–water partition coefficient (Wildman–Crippen LogP) is 3.63. The normalized spacial score (nSPS) is 21.4. The van der Waals surface area contributed by atoms with E-state index < -0.39 is 0 Å². The van der Waals surface area contributed by atoms with Crippen LogP contribution in [0.5, 0.6) is 0 Å². The molecule has 2 aromatic rings. The van der Waals surface area contributed by atoms with Crippen LogP contribution in [0, 0.1) is 5.92 Å². The third-order valence-electron chi connectivity index (χ3n) is 3.81. The summed E-state index contributed by atoms with van der Waals surface area (Å²) in [5.41, 5.74) is 0.959. The Morgan fingerprint density at radius 3 is 2.81 bits per heavy atom. The van der Waals surface area contributed by atoms with Gasteiger partial charge in [0.1, 0.15) is 11.0 Å². The van der Waals surface area contributed by atoms with Crippen LogP contribution in [0.3, 0.4) is 0 Å². The number of hydrogen-bond acceptors (Lipinski definition) is 4. The highest BCUT2D eigenvalue weighted by Crippen LogP contribution is 2.23. The molecule has 0 amide bonds. The first-order valence-corrected chi connectivity index (χ1v) is 7.55. The van der Waals surface area contributed by atoms with Crippen LogP contribution in [0.4, 0.5) is 5.82 Å². The Balaban J connectivity index is 1.75. The fourth-order valence-electron chi connectivity index (χ4n) is 2.50. The molecule has 4 nitrogen and oxygen atoms in total. The maximum Gasteiger partial charge on any atom is 0.163 e. The van der Waals surface area contributed by atoms with Gasteiger partial charge in [-0.25, -0.2) is 9.97 Å². The molecule has 0 saturated carbocycles. The minimum absolute atomic E-state index is 0.295. The molecule has 1 aliphatic rings. The van der Waals surface area contributed by atoms with Gasteiger partial charge in [-0.15, -0.1) is 0 Å². The van der Waals surface area contributed by atoms with Gasteiger partial charge in [0, 0.05) is 30.7 Å². The van der Waals surface area contributed by atoms with E-state index in [1.807, 2.05) is 30.3 Å². The minimum Gasteiger partial charge on any atom is -0.378 e. The van der Waals surface area contributed by atoms with E-state index in [1.54, 1.807) is 6.07 Å². The van der Waals surface area contributed by atoms with Gasteiger partial charge < -0.3 is 10.1 Å². The van der Waals surface area contributed by atoms with Crippen molar-refractivity contribution in [2.24, 2.45) is 5.92 Å². The van der Waals surface area contributed by atoms with Crippen molar-refractivity contribution in [2.45, 2.75) is 19.4 Å². The average molecular weight is 304 g/mol. The lowest BCUT2D eigenvalue weighted by atomic mass is 10.0. The summed E-state index contributed by atoms with van der Waals surface area (Å²) < 4.78 is 5.57. The molecule has 2 atom stereocenters. The molecule has 1 saturated heterocycles. The number of halogens is 1. The zero-order chi connectivity index (χ0) is 14.7. The van der Waals surface area contributed by atoms with Gasteiger partial charge in [0.05, 0.1) is 6.10 Å². The second kappa shape index (κ2) is 6.41. The topological polar surface area (TPSA) is 47.0 Å². The van der Waals surface area contributed by atoms with Crippen molar-refractivity contribution in [3.05, 3.63) is 41.6 Å². The van der Waals surface area contributed by atoms with E-state index in [9.17, 15) is 0 Å². The number of ether oxygens (including phenoxy) is 1. The fourth-order valence-corrected chi connectivity index (χ4v) is 2.69. The van der Waals surface area contributed by atoms with Crippen LogP contribution in [-0.2, 0) is 4.74 Å². The van der Waals surface area contributed by atoms with Crippen LogP contribution in [0.2, 0.25) is 5.15 Å². The first kappa shape index (κ1) is 14.3. The summed E-state index contributed by atoms with van der Waals surface area (Å²) in [6.07, 6.45) is 1.38. The minimum atomic E-state index is 0.295. The van der Waals surface area contributed by atoms with Gasteiger partial charge in [0.25, 0.3) is 0 Å². The third kappa shape index (κ3) is 3.52. The van der Waals surface area contributed by atoms with Gasteiger partial charge in [0.2, 0.25) is 0 Å². The molecule has 2 unspecified atom stereocenters. The summed E-state index contributed by atoms with van der Waals surface area (Å²) >= 11 is 6.11. The molecule has 3 rings (SSSR count). The van der Waals surface area contributed by atoms with Crippen molar-refractivity contribution in [3.8, 4) is 11.4 Å². The van der Waals surface area contributed by atoms with Crippen molar-refractivity contribution in [1.29, 1.82) is 0 Å². The number of rotatable bonds is 4. The molecular weight excluding hydrogens is 286 g/mol. The van der Waals surface area contributed by atoms with Crippen LogP contribution >= 0.6 is 11.6 Å². The largest absolute Gasteiger partial charge is 0.378 e. The first-order valence-electron chi connectivity index (χ1n) is 7.18. The molecule has 1 aromatic carbocycles. The summed E-state index contributed by atoms with van der Waals surface area (Å²) in [5.74, 6) is 1.91. The van der Waals surface area contributed by atoms with E-state index >= 15 is 0 Å². The Hall–Kier alpha value is -1.65. The lowest BCUT2D eigenvalue weighted by Crippen LogP contribution is -2.21. The number of nitrogens with one attached hydrogen (secondary N) is 1. The SMILES string of the molecule is CC1OCCC1CNc1cc(Cl)nc(-c2ccccc2)n1. The monoisotopic (exact) mass is 303 g/mol. The highest BCUT2D eigenvalue weighted by Gasteiger charge is 2.23. The Bertz CT molecular complexity index is 606. The molecule has 5 heteroatoms. The third-order valence-corrected chi connectivity index (χ3v) is 4.00. The molecule has 2 heterocycles. The maximum atomic E-state index is 6.11. The molecule has 0 bridgehead atoms. The van der Waals surface area contributed by atoms with E-state index in [-0.39, 0.29) is 0 Å². The van der Waals surface area contributed by atoms with E-state index in [0.29, 0.717) is 23.0 Å². The van der Waals surface area contributed by atoms with Crippen molar-refractivity contribution in [3.63, 3.8) is 0 Å². The van der Waals surface area contributed by atoms with Crippen molar-refractivity contribution in [1.82, 2.24) is 9.97 Å². The molecule has 1 N–H and O–H groups in total. The lowest BCUT2D eigenvalue weighted by molar-refractivity contribution is 0.108. The number of anilines is 1. The summed E-state index contributed by atoms with van der Waals surface area (Å²) in [6, 6.07) is 11.6. The number of aromatic nitrogens is 2. The maximum absolute atomic E-state index is 6.11. The molecule has 21 heavy (non-hydrogen) atoms. The van der Waals surface area contributed by atoms with E-state index in [2.05, 4.69) is 22.2 Å². The smallest absolute Gasteiger partial charge is 0.163 e. The zero-order valence-corrected chi connectivity index (χ0v) is 12.7. The number of hydrogen-bond donors (Lipinski definition) is 1. The van der Waals surface area contributed by atoms with Crippen LogP contribution in [0.1, 0.15) is 13.3 Å². The van der Waals surface area contributed by atoms with Gasteiger partial charge in [0.15, 0.2) is 5.82 Å². The average Bonchev–Trinajstić information content (AvgIpc) is 2.91. The van der Waals surface area contributed by atoms with Crippen LogP contribution < -0.4 is 5.32 Å². The quantitative estimate of drug-likeness (QED) is 0.876. The molecule has 0 radical (unpaired) electrons. The van der Waals surface area contributed by atoms with Gasteiger partial charge in [-0.05, 0) is 13.3 Å². The van der Waals surface area contributed by atoms with Gasteiger partial charge in [-0.1, -0.05) is 41.9 Å². The van der Waals surface area contributed by atoms with E-state index in [4.69, 9.17) is 16.3 Å². The van der Waals surface area contributed by atoms with Gasteiger partial charge in [-0.2, -0.15) is 0 Å². The summed E-state index contributed by atoms with van der Waals surface area (Å²) in [4.78, 5) is 8.83. The van der Waals surface area contributed by atoms with Crippen LogP contribution in [-0.4, -0.2) is 29.2 Å². The van der Waals surface area contributed by atoms with E-state index in [1.165, 1.54) is 0 Å². The molecule has 1 aliphatic heterocycles. The lowest BCUT2D eigenvalue weighted by Gasteiger charge is -2.15. The molecule has 0 spiro atoms. The number of nitrogens with zero attached hydrogens (tertiary/aromatic N) is 2. The predicted molar refractivity (Wildman–Crippen MR) is 84.5 cm³/mol. The fraction of sp³-hybridized carbons (Fsp3) is 0.375. The van der Waals surface area contributed by atoms with Crippen molar-refractivity contribution in [2.75, 3.05) is 18.5 Å². The van der Waals surface area contributed by atoms with Crippen LogP contribution in [0.25, 0.3) is 11.4 Å². The standard InChI is InChI=1S/C16H18ClN3O/c1-11-13(7-8-21-11)10-18-15-9-14(17)19-16(20-15)12-5-3-2-4-6-12/h2-6,9,11,13H,7-8,10H2,1H3,(H,18,19,20). The first-order chi connectivity index (χ1) is 10.2.